The van der Waals surface area contributed by atoms with Crippen LogP contribution >= 0.6 is 0 Å². The minimum Gasteiger partial charge on any atom is -0.491 e. The monoisotopic (exact) mass is 267 g/mol. The van der Waals surface area contributed by atoms with Gasteiger partial charge in [-0.25, -0.2) is 4.79 Å². The van der Waals surface area contributed by atoms with Crippen molar-refractivity contribution < 1.29 is 19.0 Å². The highest BCUT2D eigenvalue weighted by Gasteiger charge is 2.23. The van der Waals surface area contributed by atoms with Gasteiger partial charge in [-0.3, -0.25) is 0 Å². The predicted octanol–water partition coefficient (Wildman–Crippen LogP) is 2.05. The molecular formula is C14H21NO4. The van der Waals surface area contributed by atoms with E-state index in [1.807, 2.05) is 0 Å². The molecule has 0 radical (unpaired) electrons. The fraction of sp³-hybridized carbons (Fsp3) is 0.500. The van der Waals surface area contributed by atoms with E-state index in [1.54, 1.807) is 0 Å². The largest absolute Gasteiger partial charge is 0.491 e. The van der Waals surface area contributed by atoms with Crippen molar-refractivity contribution in [1.82, 2.24) is 0 Å². The summed E-state index contributed by atoms with van der Waals surface area (Å²) in [5.41, 5.74) is 7.00. The molecule has 0 aliphatic carbocycles. The number of carbonyl (C=O) groups is 1. The van der Waals surface area contributed by atoms with E-state index in [9.17, 15) is 4.79 Å². The molecule has 1 unspecified atom stereocenters. The number of nitrogens with two attached hydrogens (primary N) is 1. The van der Waals surface area contributed by atoms with Crippen LogP contribution in [0.5, 0.6) is 5.75 Å². The lowest BCUT2D eigenvalue weighted by atomic mass is 10.1. The van der Waals surface area contributed by atoms with E-state index in [0.717, 1.165) is 18.8 Å². The first-order valence-electron chi connectivity index (χ1n) is 6.24. The zero-order valence-electron chi connectivity index (χ0n) is 11.6. The van der Waals surface area contributed by atoms with E-state index in [1.165, 1.54) is 18.2 Å². The van der Waals surface area contributed by atoms with Crippen molar-refractivity contribution in [1.29, 1.82) is 0 Å². The Kier molecular flexibility index (Phi) is 6.15. The van der Waals surface area contributed by atoms with Crippen LogP contribution < -0.4 is 10.5 Å². The second-order valence-electron chi connectivity index (χ2n) is 4.24. The molecule has 0 spiro atoms. The molecule has 0 bridgehead atoms. The summed E-state index contributed by atoms with van der Waals surface area (Å²) in [5, 5.41) is 0. The highest BCUT2D eigenvalue weighted by Crippen LogP contribution is 2.21. The second-order valence-corrected chi connectivity index (χ2v) is 4.24. The Bertz CT molecular complexity index is 416. The van der Waals surface area contributed by atoms with Crippen molar-refractivity contribution in [3.05, 3.63) is 29.3 Å². The molecule has 0 aromatic heterocycles. The van der Waals surface area contributed by atoms with Gasteiger partial charge in [0.25, 0.3) is 0 Å². The maximum atomic E-state index is 9.37. The van der Waals surface area contributed by atoms with Gasteiger partial charge in [0.2, 0.25) is 0 Å². The normalized spacial score (nSPS) is 16.1. The molecule has 1 saturated heterocycles. The summed E-state index contributed by atoms with van der Waals surface area (Å²) in [6.45, 7) is 5.79. The van der Waals surface area contributed by atoms with E-state index in [4.69, 9.17) is 9.47 Å². The maximum Gasteiger partial charge on any atom is 0.404 e. The molecule has 5 heteroatoms. The van der Waals surface area contributed by atoms with E-state index in [2.05, 4.69) is 42.5 Å². The molecule has 2 rings (SSSR count). The lowest BCUT2D eigenvalue weighted by molar-refractivity contribution is 0.182. The molecule has 1 aromatic rings. The fourth-order valence-corrected chi connectivity index (χ4v) is 1.44. The van der Waals surface area contributed by atoms with Gasteiger partial charge in [-0.2, -0.15) is 0 Å². The second kappa shape index (κ2) is 7.63. The Morgan fingerprint density at radius 2 is 2.16 bits per heavy atom. The van der Waals surface area contributed by atoms with Crippen LogP contribution in [0.1, 0.15) is 18.1 Å². The van der Waals surface area contributed by atoms with Crippen LogP contribution in [0.3, 0.4) is 0 Å². The molecule has 19 heavy (non-hydrogen) atoms. The predicted molar refractivity (Wildman–Crippen MR) is 72.4 cm³/mol. The van der Waals surface area contributed by atoms with Gasteiger partial charge < -0.3 is 19.9 Å². The molecule has 2 N–H and O–H groups in total. The molecule has 1 atom stereocenters. The third-order valence-corrected chi connectivity index (χ3v) is 2.68. The first-order chi connectivity index (χ1) is 9.06. The molecule has 1 fully saturated rings. The van der Waals surface area contributed by atoms with Crippen molar-refractivity contribution in [2.75, 3.05) is 20.3 Å². The van der Waals surface area contributed by atoms with E-state index in [-0.39, 0.29) is 0 Å². The Labute approximate surface area is 113 Å². The van der Waals surface area contributed by atoms with E-state index < -0.39 is 6.09 Å². The Morgan fingerprint density at radius 1 is 1.53 bits per heavy atom. The van der Waals surface area contributed by atoms with Gasteiger partial charge in [-0.1, -0.05) is 19.1 Å². The molecule has 1 aliphatic rings. The Hall–Kier alpha value is -1.75. The molecule has 1 aliphatic heterocycles. The smallest absolute Gasteiger partial charge is 0.404 e. The molecule has 5 nitrogen and oxygen atoms in total. The van der Waals surface area contributed by atoms with Gasteiger partial charge in [0, 0.05) is 0 Å². The summed E-state index contributed by atoms with van der Waals surface area (Å²) >= 11 is 0. The molecule has 1 aromatic carbocycles. The van der Waals surface area contributed by atoms with Crippen molar-refractivity contribution in [3.63, 3.8) is 0 Å². The lowest BCUT2D eigenvalue weighted by Gasteiger charge is -2.08. The molecule has 0 saturated carbocycles. The number of amides is 1. The zero-order chi connectivity index (χ0) is 14.3. The fourth-order valence-electron chi connectivity index (χ4n) is 1.44. The van der Waals surface area contributed by atoms with Crippen LogP contribution in [0.15, 0.2) is 18.2 Å². The summed E-state index contributed by atoms with van der Waals surface area (Å²) in [6.07, 6.45) is 0.664. The summed E-state index contributed by atoms with van der Waals surface area (Å²) in [6, 6.07) is 6.36. The first kappa shape index (κ1) is 15.3. The van der Waals surface area contributed by atoms with Crippen LogP contribution in [-0.4, -0.2) is 32.5 Å². The van der Waals surface area contributed by atoms with Gasteiger partial charge in [0.15, 0.2) is 0 Å². The molecule has 1 heterocycles. The van der Waals surface area contributed by atoms with Crippen LogP contribution in [0.4, 0.5) is 4.79 Å². The van der Waals surface area contributed by atoms with Gasteiger partial charge in [0.1, 0.15) is 18.5 Å². The third kappa shape index (κ3) is 6.10. The van der Waals surface area contributed by atoms with Gasteiger partial charge >= 0.3 is 6.09 Å². The van der Waals surface area contributed by atoms with Gasteiger partial charge in [0.05, 0.1) is 13.7 Å². The van der Waals surface area contributed by atoms with E-state index >= 15 is 0 Å². The number of aryl methyl sites for hydroxylation is 2. The zero-order valence-corrected chi connectivity index (χ0v) is 11.6. The Morgan fingerprint density at radius 3 is 2.58 bits per heavy atom. The van der Waals surface area contributed by atoms with Crippen LogP contribution in [-0.2, 0) is 15.9 Å². The summed E-state index contributed by atoms with van der Waals surface area (Å²) in [4.78, 5) is 9.37. The quantitative estimate of drug-likeness (QED) is 0.847. The summed E-state index contributed by atoms with van der Waals surface area (Å²) in [7, 11) is 1.22. The Balaban J connectivity index is 0.000000312. The third-order valence-electron chi connectivity index (χ3n) is 2.68. The van der Waals surface area contributed by atoms with Crippen molar-refractivity contribution in [2.45, 2.75) is 26.4 Å². The summed E-state index contributed by atoms with van der Waals surface area (Å²) in [5.74, 6) is 0.984. The number of ether oxygens (including phenoxy) is 3. The highest BCUT2D eigenvalue weighted by molar-refractivity contribution is 5.64. The number of rotatable bonds is 4. The van der Waals surface area contributed by atoms with E-state index in [0.29, 0.717) is 12.7 Å². The standard InChI is InChI=1S/C12H16O2.C2H5NO2/c1-3-10-4-5-12(9(2)6-10)14-8-11-7-13-11;1-5-2(3)4/h4-6,11H,3,7-8H2,1-2H3;1H3,(H2,3,4). The summed E-state index contributed by atoms with van der Waals surface area (Å²) < 4.78 is 14.6. The average Bonchev–Trinajstić information content (AvgIpc) is 3.22. The van der Waals surface area contributed by atoms with Gasteiger partial charge in [-0.05, 0) is 30.5 Å². The minimum atomic E-state index is -0.745. The topological polar surface area (TPSA) is 74.1 Å². The minimum absolute atomic E-state index is 0.334. The first-order valence-corrected chi connectivity index (χ1v) is 6.24. The number of hydrogen-bond donors (Lipinski definition) is 1. The average molecular weight is 267 g/mol. The number of epoxide rings is 1. The number of hydrogen-bond acceptors (Lipinski definition) is 4. The molecule has 106 valence electrons. The van der Waals surface area contributed by atoms with Gasteiger partial charge in [-0.15, -0.1) is 0 Å². The lowest BCUT2D eigenvalue weighted by Crippen LogP contribution is -2.08. The SMILES string of the molecule is CCc1ccc(OCC2CO2)c(C)c1.COC(N)=O. The molecule has 1 amide bonds. The molecular weight excluding hydrogens is 246 g/mol. The van der Waals surface area contributed by atoms with Crippen LogP contribution in [0.25, 0.3) is 0 Å². The maximum absolute atomic E-state index is 9.37. The highest BCUT2D eigenvalue weighted by atomic mass is 16.6. The number of primary amides is 1. The van der Waals surface area contributed by atoms with Crippen molar-refractivity contribution in [3.8, 4) is 5.75 Å². The number of carbonyl (C=O) groups excluding carboxylic acids is 1. The van der Waals surface area contributed by atoms with Crippen LogP contribution in [0.2, 0.25) is 0 Å². The number of methoxy groups -OCH3 is 1. The van der Waals surface area contributed by atoms with Crippen LogP contribution in [0, 0.1) is 6.92 Å². The van der Waals surface area contributed by atoms with Crippen molar-refractivity contribution >= 4 is 6.09 Å². The van der Waals surface area contributed by atoms with Crippen molar-refractivity contribution in [2.24, 2.45) is 5.73 Å². The number of benzene rings is 1.